The number of hydrogen-bond donors (Lipinski definition) is 2. The van der Waals surface area contributed by atoms with E-state index < -0.39 is 12.1 Å². The van der Waals surface area contributed by atoms with Gasteiger partial charge < -0.3 is 10.2 Å². The van der Waals surface area contributed by atoms with E-state index in [4.69, 9.17) is 5.11 Å². The molecule has 2 N–H and O–H groups in total. The molecule has 0 spiro atoms. The second-order valence-corrected chi connectivity index (χ2v) is 3.31. The van der Waals surface area contributed by atoms with E-state index in [1.54, 1.807) is 6.92 Å². The zero-order valence-electron chi connectivity index (χ0n) is 7.23. The van der Waals surface area contributed by atoms with Crippen LogP contribution in [0.5, 0.6) is 0 Å². The van der Waals surface area contributed by atoms with Gasteiger partial charge in [0.05, 0.1) is 12.6 Å². The largest absolute Gasteiger partial charge is 0.480 e. The predicted molar refractivity (Wildman–Crippen MR) is 43.9 cm³/mol. The summed E-state index contributed by atoms with van der Waals surface area (Å²) in [6.07, 6.45) is 1.47. The minimum absolute atomic E-state index is 0.0427. The molecular formula is C8H15NO3. The first-order chi connectivity index (χ1) is 5.61. The topological polar surface area (TPSA) is 60.8 Å². The lowest BCUT2D eigenvalue weighted by molar-refractivity contribution is -0.138. The Morgan fingerprint density at radius 2 is 2.42 bits per heavy atom. The summed E-state index contributed by atoms with van der Waals surface area (Å²) in [7, 11) is 0. The van der Waals surface area contributed by atoms with Crippen LogP contribution in [-0.4, -0.2) is 46.3 Å². The van der Waals surface area contributed by atoms with E-state index >= 15 is 0 Å². The molecular weight excluding hydrogens is 158 g/mol. The first-order valence-corrected chi connectivity index (χ1v) is 4.25. The second-order valence-electron chi connectivity index (χ2n) is 3.31. The Balaban J connectivity index is 2.46. The van der Waals surface area contributed by atoms with Crippen molar-refractivity contribution in [1.29, 1.82) is 0 Å². The van der Waals surface area contributed by atoms with Gasteiger partial charge in [0.2, 0.25) is 0 Å². The molecule has 1 heterocycles. The lowest BCUT2D eigenvalue weighted by atomic mass is 10.1. The quantitative estimate of drug-likeness (QED) is 0.626. The van der Waals surface area contributed by atoms with Gasteiger partial charge in [-0.3, -0.25) is 9.69 Å². The van der Waals surface area contributed by atoms with Crippen molar-refractivity contribution in [1.82, 2.24) is 4.90 Å². The van der Waals surface area contributed by atoms with Crippen molar-refractivity contribution in [2.24, 2.45) is 0 Å². The van der Waals surface area contributed by atoms with E-state index in [0.717, 1.165) is 19.4 Å². The molecule has 70 valence electrons. The van der Waals surface area contributed by atoms with E-state index in [-0.39, 0.29) is 12.6 Å². The maximum Gasteiger partial charge on any atom is 0.317 e. The Bertz CT molecular complexity index is 170. The molecule has 2 atom stereocenters. The summed E-state index contributed by atoms with van der Waals surface area (Å²) in [5, 5.41) is 17.9. The SMILES string of the molecule is C[C@H](O)[C@H]1CCCN1CC(=O)O. The summed E-state index contributed by atoms with van der Waals surface area (Å²) in [5.41, 5.74) is 0. The fraction of sp³-hybridized carbons (Fsp3) is 0.875. The van der Waals surface area contributed by atoms with Gasteiger partial charge in [-0.15, -0.1) is 0 Å². The molecule has 1 aliphatic rings. The molecule has 4 heteroatoms. The molecule has 0 aromatic heterocycles. The van der Waals surface area contributed by atoms with Crippen LogP contribution >= 0.6 is 0 Å². The van der Waals surface area contributed by atoms with Gasteiger partial charge in [0, 0.05) is 6.04 Å². The van der Waals surface area contributed by atoms with Gasteiger partial charge in [-0.25, -0.2) is 0 Å². The summed E-state index contributed by atoms with van der Waals surface area (Å²) in [4.78, 5) is 12.2. The van der Waals surface area contributed by atoms with Crippen molar-refractivity contribution in [3.63, 3.8) is 0 Å². The molecule has 0 radical (unpaired) electrons. The maximum absolute atomic E-state index is 10.4. The fourth-order valence-corrected chi connectivity index (χ4v) is 1.77. The highest BCUT2D eigenvalue weighted by Gasteiger charge is 2.29. The van der Waals surface area contributed by atoms with Crippen molar-refractivity contribution in [2.75, 3.05) is 13.1 Å². The summed E-state index contributed by atoms with van der Waals surface area (Å²) in [6.45, 7) is 2.56. The van der Waals surface area contributed by atoms with Gasteiger partial charge in [-0.2, -0.15) is 0 Å². The number of aliphatic carboxylic acids is 1. The number of aliphatic hydroxyl groups is 1. The predicted octanol–water partition coefficient (Wildman–Crippen LogP) is -0.0838. The van der Waals surface area contributed by atoms with Crippen molar-refractivity contribution in [3.8, 4) is 0 Å². The summed E-state index contributed by atoms with van der Waals surface area (Å²) >= 11 is 0. The number of rotatable bonds is 3. The molecule has 12 heavy (non-hydrogen) atoms. The Morgan fingerprint density at radius 3 is 2.92 bits per heavy atom. The third kappa shape index (κ3) is 2.19. The highest BCUT2D eigenvalue weighted by molar-refractivity contribution is 5.69. The van der Waals surface area contributed by atoms with Gasteiger partial charge in [0.25, 0.3) is 0 Å². The van der Waals surface area contributed by atoms with Crippen LogP contribution in [0.1, 0.15) is 19.8 Å². The summed E-state index contributed by atoms with van der Waals surface area (Å²) in [5.74, 6) is -0.817. The van der Waals surface area contributed by atoms with Crippen LogP contribution < -0.4 is 0 Å². The highest BCUT2D eigenvalue weighted by atomic mass is 16.4. The van der Waals surface area contributed by atoms with E-state index in [2.05, 4.69) is 0 Å². The lowest BCUT2D eigenvalue weighted by Crippen LogP contribution is -2.40. The third-order valence-electron chi connectivity index (χ3n) is 2.31. The minimum atomic E-state index is -0.817. The van der Waals surface area contributed by atoms with Crippen LogP contribution in [0.2, 0.25) is 0 Å². The Morgan fingerprint density at radius 1 is 1.75 bits per heavy atom. The number of carboxylic acid groups (broad SMARTS) is 1. The number of likely N-dealkylation sites (tertiary alicyclic amines) is 1. The summed E-state index contributed by atoms with van der Waals surface area (Å²) < 4.78 is 0. The molecule has 0 aromatic rings. The molecule has 1 saturated heterocycles. The van der Waals surface area contributed by atoms with E-state index in [9.17, 15) is 9.90 Å². The molecule has 1 rings (SSSR count). The maximum atomic E-state index is 10.4. The Labute approximate surface area is 71.8 Å². The first kappa shape index (κ1) is 9.48. The number of carboxylic acids is 1. The number of carbonyl (C=O) groups is 1. The Hall–Kier alpha value is -0.610. The average Bonchev–Trinajstić information content (AvgIpc) is 2.33. The standard InChI is InChI=1S/C8H15NO3/c1-6(10)7-3-2-4-9(7)5-8(11)12/h6-7,10H,2-5H2,1H3,(H,11,12)/t6-,7+/m0/s1. The summed E-state index contributed by atoms with van der Waals surface area (Å²) in [6, 6.07) is 0.0427. The molecule has 0 saturated carbocycles. The highest BCUT2D eigenvalue weighted by Crippen LogP contribution is 2.19. The van der Waals surface area contributed by atoms with Gasteiger partial charge >= 0.3 is 5.97 Å². The number of aliphatic hydroxyl groups excluding tert-OH is 1. The van der Waals surface area contributed by atoms with Crippen LogP contribution in [0, 0.1) is 0 Å². The molecule has 0 aliphatic carbocycles. The van der Waals surface area contributed by atoms with Crippen LogP contribution in [0.3, 0.4) is 0 Å². The van der Waals surface area contributed by atoms with Gasteiger partial charge in [0.15, 0.2) is 0 Å². The van der Waals surface area contributed by atoms with Crippen LogP contribution in [0.4, 0.5) is 0 Å². The third-order valence-corrected chi connectivity index (χ3v) is 2.31. The number of nitrogens with zero attached hydrogens (tertiary/aromatic N) is 1. The van der Waals surface area contributed by atoms with Crippen molar-refractivity contribution < 1.29 is 15.0 Å². The van der Waals surface area contributed by atoms with Crippen molar-refractivity contribution in [2.45, 2.75) is 31.9 Å². The zero-order valence-corrected chi connectivity index (χ0v) is 7.23. The molecule has 1 fully saturated rings. The first-order valence-electron chi connectivity index (χ1n) is 4.25. The Kier molecular flexibility index (Phi) is 3.05. The lowest BCUT2D eigenvalue weighted by Gasteiger charge is -2.24. The molecule has 1 aliphatic heterocycles. The smallest absolute Gasteiger partial charge is 0.317 e. The van der Waals surface area contributed by atoms with Gasteiger partial charge in [0.1, 0.15) is 0 Å². The van der Waals surface area contributed by atoms with Crippen LogP contribution in [0.25, 0.3) is 0 Å². The fourth-order valence-electron chi connectivity index (χ4n) is 1.77. The second kappa shape index (κ2) is 3.87. The van der Waals surface area contributed by atoms with Crippen molar-refractivity contribution >= 4 is 5.97 Å². The molecule has 0 aromatic carbocycles. The molecule has 4 nitrogen and oxygen atoms in total. The average molecular weight is 173 g/mol. The monoisotopic (exact) mass is 173 g/mol. The van der Waals surface area contributed by atoms with Gasteiger partial charge in [-0.1, -0.05) is 0 Å². The van der Waals surface area contributed by atoms with Crippen LogP contribution in [-0.2, 0) is 4.79 Å². The minimum Gasteiger partial charge on any atom is -0.480 e. The van der Waals surface area contributed by atoms with Crippen LogP contribution in [0.15, 0.2) is 0 Å². The zero-order chi connectivity index (χ0) is 9.14. The molecule has 0 unspecified atom stereocenters. The number of hydrogen-bond acceptors (Lipinski definition) is 3. The van der Waals surface area contributed by atoms with Crippen molar-refractivity contribution in [3.05, 3.63) is 0 Å². The van der Waals surface area contributed by atoms with E-state index in [0.29, 0.717) is 0 Å². The van der Waals surface area contributed by atoms with Gasteiger partial charge in [-0.05, 0) is 26.3 Å². The molecule has 0 bridgehead atoms. The van der Waals surface area contributed by atoms with E-state index in [1.807, 2.05) is 4.90 Å². The molecule has 0 amide bonds. The van der Waals surface area contributed by atoms with E-state index in [1.165, 1.54) is 0 Å². The normalized spacial score (nSPS) is 27.3.